The molecule has 1 aliphatic heterocycles. The third kappa shape index (κ3) is 3.34. The minimum absolute atomic E-state index is 0.0422. The van der Waals surface area contributed by atoms with E-state index >= 15 is 0 Å². The number of nitrogens with two attached hydrogens (primary N) is 1. The second kappa shape index (κ2) is 7.37. The van der Waals surface area contributed by atoms with Gasteiger partial charge in [-0.25, -0.2) is 9.97 Å². The van der Waals surface area contributed by atoms with Crippen LogP contribution in [0.1, 0.15) is 71.8 Å². The van der Waals surface area contributed by atoms with Gasteiger partial charge in [0.2, 0.25) is 0 Å². The standard InChI is InChI=1S/C23H27ClN4O/c24-17-3-1-2-16(12-17)23(13-25)9-6-18(7-10-23)28-11-8-19-20(15-4-5-15)26-14-27-21(19)22(28)29/h1-3,12,14-15,18H,4-11,13,25H2/t18-,23-. The molecule has 5 nitrogen and oxygen atoms in total. The highest BCUT2D eigenvalue weighted by Gasteiger charge is 2.41. The molecule has 6 heteroatoms. The third-order valence-electron chi connectivity index (χ3n) is 7.19. The summed E-state index contributed by atoms with van der Waals surface area (Å²) in [6.07, 6.45) is 8.71. The number of hydrogen-bond donors (Lipinski definition) is 1. The van der Waals surface area contributed by atoms with Crippen LogP contribution in [0.4, 0.5) is 0 Å². The summed E-state index contributed by atoms with van der Waals surface area (Å²) < 4.78 is 0. The first kappa shape index (κ1) is 19.0. The van der Waals surface area contributed by atoms with Gasteiger partial charge in [-0.15, -0.1) is 0 Å². The normalized spacial score (nSPS) is 27.0. The maximum Gasteiger partial charge on any atom is 0.273 e. The zero-order valence-electron chi connectivity index (χ0n) is 16.6. The molecule has 2 N–H and O–H groups in total. The maximum atomic E-state index is 13.3. The lowest BCUT2D eigenvalue weighted by Crippen LogP contribution is -2.50. The Bertz CT molecular complexity index is 934. The van der Waals surface area contributed by atoms with Gasteiger partial charge in [-0.05, 0) is 62.6 Å². The Balaban J connectivity index is 1.34. The Hall–Kier alpha value is -1.98. The molecule has 1 amide bonds. The van der Waals surface area contributed by atoms with Crippen LogP contribution in [0, 0.1) is 0 Å². The summed E-state index contributed by atoms with van der Waals surface area (Å²) in [5.41, 5.74) is 10.3. The molecular formula is C23H27ClN4O. The number of halogens is 1. The lowest BCUT2D eigenvalue weighted by Gasteiger charge is -2.44. The summed E-state index contributed by atoms with van der Waals surface area (Å²) in [4.78, 5) is 24.2. The fourth-order valence-corrected chi connectivity index (χ4v) is 5.47. The van der Waals surface area contributed by atoms with Crippen LogP contribution in [0.2, 0.25) is 5.02 Å². The van der Waals surface area contributed by atoms with Crippen molar-refractivity contribution >= 4 is 17.5 Å². The highest BCUT2D eigenvalue weighted by atomic mass is 35.5. The molecule has 2 fully saturated rings. The van der Waals surface area contributed by atoms with Gasteiger partial charge in [-0.2, -0.15) is 0 Å². The smallest absolute Gasteiger partial charge is 0.273 e. The van der Waals surface area contributed by atoms with Crippen LogP contribution in [-0.2, 0) is 11.8 Å². The van der Waals surface area contributed by atoms with Crippen molar-refractivity contribution in [1.82, 2.24) is 14.9 Å². The van der Waals surface area contributed by atoms with E-state index in [4.69, 9.17) is 17.3 Å². The lowest BCUT2D eigenvalue weighted by molar-refractivity contribution is 0.0567. The van der Waals surface area contributed by atoms with Gasteiger partial charge in [0.15, 0.2) is 0 Å². The van der Waals surface area contributed by atoms with Crippen LogP contribution < -0.4 is 5.73 Å². The molecule has 1 aromatic carbocycles. The number of carbonyl (C=O) groups is 1. The molecule has 5 rings (SSSR count). The molecule has 1 aromatic heterocycles. The van der Waals surface area contributed by atoms with Gasteiger partial charge in [0.25, 0.3) is 5.91 Å². The molecule has 0 bridgehead atoms. The number of hydrogen-bond acceptors (Lipinski definition) is 4. The molecule has 0 radical (unpaired) electrons. The second-order valence-corrected chi connectivity index (χ2v) is 9.27. The van der Waals surface area contributed by atoms with E-state index in [1.54, 1.807) is 6.33 Å². The molecule has 2 saturated carbocycles. The zero-order valence-corrected chi connectivity index (χ0v) is 17.4. The minimum atomic E-state index is -0.0422. The fourth-order valence-electron chi connectivity index (χ4n) is 5.28. The Labute approximate surface area is 176 Å². The molecule has 0 atom stereocenters. The number of rotatable bonds is 4. The van der Waals surface area contributed by atoms with Crippen molar-refractivity contribution in [2.75, 3.05) is 13.1 Å². The van der Waals surface area contributed by atoms with Gasteiger partial charge in [0.05, 0.1) is 5.69 Å². The average Bonchev–Trinajstić information content (AvgIpc) is 3.59. The Morgan fingerprint density at radius 2 is 1.97 bits per heavy atom. The summed E-state index contributed by atoms with van der Waals surface area (Å²) in [6, 6.07) is 8.35. The number of aromatic nitrogens is 2. The van der Waals surface area contributed by atoms with Crippen molar-refractivity contribution in [3.8, 4) is 0 Å². The monoisotopic (exact) mass is 410 g/mol. The van der Waals surface area contributed by atoms with Crippen molar-refractivity contribution in [1.29, 1.82) is 0 Å². The van der Waals surface area contributed by atoms with Crippen LogP contribution in [0.3, 0.4) is 0 Å². The number of benzene rings is 1. The van der Waals surface area contributed by atoms with Crippen molar-refractivity contribution in [2.24, 2.45) is 5.73 Å². The lowest BCUT2D eigenvalue weighted by atomic mass is 9.68. The minimum Gasteiger partial charge on any atom is -0.334 e. The third-order valence-corrected chi connectivity index (χ3v) is 7.42. The maximum absolute atomic E-state index is 13.3. The second-order valence-electron chi connectivity index (χ2n) is 8.83. The van der Waals surface area contributed by atoms with Gasteiger partial charge in [0.1, 0.15) is 12.0 Å². The Morgan fingerprint density at radius 3 is 2.66 bits per heavy atom. The largest absolute Gasteiger partial charge is 0.334 e. The zero-order chi connectivity index (χ0) is 20.0. The first-order valence-corrected chi connectivity index (χ1v) is 11.1. The molecule has 3 aliphatic rings. The van der Waals surface area contributed by atoms with Crippen molar-refractivity contribution < 1.29 is 4.79 Å². The predicted molar refractivity (Wildman–Crippen MR) is 113 cm³/mol. The van der Waals surface area contributed by atoms with Gasteiger partial charge in [0, 0.05) is 41.1 Å². The van der Waals surface area contributed by atoms with Crippen LogP contribution in [0.15, 0.2) is 30.6 Å². The van der Waals surface area contributed by atoms with Crippen molar-refractivity contribution in [3.05, 3.63) is 58.1 Å². The topological polar surface area (TPSA) is 72.1 Å². The van der Waals surface area contributed by atoms with Gasteiger partial charge < -0.3 is 10.6 Å². The summed E-state index contributed by atoms with van der Waals surface area (Å²) in [6.45, 7) is 1.38. The fraction of sp³-hybridized carbons (Fsp3) is 0.522. The van der Waals surface area contributed by atoms with Crippen LogP contribution in [0.5, 0.6) is 0 Å². The van der Waals surface area contributed by atoms with Gasteiger partial charge >= 0.3 is 0 Å². The number of fused-ring (bicyclic) bond motifs is 1. The van der Waals surface area contributed by atoms with E-state index in [1.165, 1.54) is 18.4 Å². The first-order chi connectivity index (χ1) is 14.1. The Kier molecular flexibility index (Phi) is 4.83. The number of amides is 1. The molecule has 2 aromatic rings. The van der Waals surface area contributed by atoms with Crippen LogP contribution >= 0.6 is 11.6 Å². The quantitative estimate of drug-likeness (QED) is 0.831. The first-order valence-electron chi connectivity index (χ1n) is 10.7. The van der Waals surface area contributed by atoms with Gasteiger partial charge in [-0.1, -0.05) is 23.7 Å². The molecule has 2 aliphatic carbocycles. The average molecular weight is 411 g/mol. The SMILES string of the molecule is NC[C@]1(c2cccc(Cl)c2)CC[C@H](N2CCc3c(ncnc3C3CC3)C2=O)CC1. The summed E-state index contributed by atoms with van der Waals surface area (Å²) in [5, 5.41) is 0.756. The highest BCUT2D eigenvalue weighted by molar-refractivity contribution is 6.30. The van der Waals surface area contributed by atoms with E-state index in [-0.39, 0.29) is 17.4 Å². The van der Waals surface area contributed by atoms with E-state index in [1.807, 2.05) is 18.2 Å². The molecule has 2 heterocycles. The van der Waals surface area contributed by atoms with Crippen LogP contribution in [-0.4, -0.2) is 39.9 Å². The molecule has 0 spiro atoms. The predicted octanol–water partition coefficient (Wildman–Crippen LogP) is 3.85. The number of carbonyl (C=O) groups excluding carboxylic acids is 1. The Morgan fingerprint density at radius 1 is 1.17 bits per heavy atom. The van der Waals surface area contributed by atoms with Crippen LogP contribution in [0.25, 0.3) is 0 Å². The summed E-state index contributed by atoms with van der Waals surface area (Å²) >= 11 is 6.23. The number of nitrogens with zero attached hydrogens (tertiary/aromatic N) is 3. The van der Waals surface area contributed by atoms with Gasteiger partial charge in [-0.3, -0.25) is 4.79 Å². The van der Waals surface area contributed by atoms with Crippen molar-refractivity contribution in [2.45, 2.75) is 62.3 Å². The molecule has 0 unspecified atom stereocenters. The molecule has 0 saturated heterocycles. The van der Waals surface area contributed by atoms with E-state index in [9.17, 15) is 4.79 Å². The molecule has 29 heavy (non-hydrogen) atoms. The van der Waals surface area contributed by atoms with E-state index in [0.717, 1.165) is 54.9 Å². The van der Waals surface area contributed by atoms with E-state index in [0.29, 0.717) is 18.2 Å². The van der Waals surface area contributed by atoms with E-state index in [2.05, 4.69) is 20.9 Å². The summed E-state index contributed by atoms with van der Waals surface area (Å²) in [5.74, 6) is 0.632. The molecule has 152 valence electrons. The van der Waals surface area contributed by atoms with Crippen molar-refractivity contribution in [3.63, 3.8) is 0 Å². The van der Waals surface area contributed by atoms with E-state index < -0.39 is 0 Å². The highest BCUT2D eigenvalue weighted by Crippen LogP contribution is 2.43. The molecular weight excluding hydrogens is 384 g/mol. The summed E-state index contributed by atoms with van der Waals surface area (Å²) in [7, 11) is 0.